The van der Waals surface area contributed by atoms with E-state index in [1.54, 1.807) is 58.0 Å². The fourth-order valence-corrected chi connectivity index (χ4v) is 10.1. The number of imidazole rings is 2. The molecule has 5 rings (SSSR count). The second-order valence-electron chi connectivity index (χ2n) is 24.2. The molecule has 1 aliphatic heterocycles. The Morgan fingerprint density at radius 3 is 1.44 bits per heavy atom. The zero-order valence-electron chi connectivity index (χ0n) is 55.0. The number of amides is 12. The normalized spacial score (nSPS) is 15.6. The van der Waals surface area contributed by atoms with Crippen LogP contribution in [0.3, 0.4) is 0 Å². The molecule has 0 saturated carbocycles. The average molecular weight is 1390 g/mol. The van der Waals surface area contributed by atoms with E-state index in [1.165, 1.54) is 56.2 Å². The molecule has 0 spiro atoms. The molecule has 0 aliphatic carbocycles. The number of carboxylic acid groups (broad SMARTS) is 2. The highest BCUT2D eigenvalue weighted by Crippen LogP contribution is 2.15. The Morgan fingerprint density at radius 2 is 0.970 bits per heavy atom. The van der Waals surface area contributed by atoms with Gasteiger partial charge in [-0.05, 0) is 67.8 Å². The highest BCUT2D eigenvalue weighted by Gasteiger charge is 2.36. The highest BCUT2D eigenvalue weighted by atomic mass is 16.4. The molecule has 0 bridgehead atoms. The van der Waals surface area contributed by atoms with Gasteiger partial charge in [0.1, 0.15) is 60.1 Å². The molecule has 36 heteroatoms. The van der Waals surface area contributed by atoms with Crippen LogP contribution in [0.5, 0.6) is 5.75 Å². The van der Waals surface area contributed by atoms with Gasteiger partial charge >= 0.3 is 11.9 Å². The maximum atomic E-state index is 14.4. The van der Waals surface area contributed by atoms with E-state index in [-0.39, 0.29) is 43.8 Å². The van der Waals surface area contributed by atoms with E-state index in [1.807, 2.05) is 0 Å². The average Bonchev–Trinajstić information content (AvgIpc) is 1.64. The summed E-state index contributed by atoms with van der Waals surface area (Å²) in [5, 5.41) is 81.4. The molecule has 1 saturated heterocycles. The number of aliphatic hydroxyl groups is 2. The number of benzene rings is 2. The van der Waals surface area contributed by atoms with Gasteiger partial charge < -0.3 is 105 Å². The Morgan fingerprint density at radius 1 is 0.505 bits per heavy atom. The third-order valence-corrected chi connectivity index (χ3v) is 15.3. The summed E-state index contributed by atoms with van der Waals surface area (Å²) in [5.74, 6) is -15.2. The van der Waals surface area contributed by atoms with Gasteiger partial charge in [0, 0.05) is 49.5 Å². The van der Waals surface area contributed by atoms with E-state index in [9.17, 15) is 92.7 Å². The Labute approximate surface area is 567 Å². The number of carboxylic acids is 2. The third-order valence-electron chi connectivity index (χ3n) is 15.3. The summed E-state index contributed by atoms with van der Waals surface area (Å²) >= 11 is 0. The van der Waals surface area contributed by atoms with Crippen LogP contribution in [0.15, 0.2) is 79.6 Å². The summed E-state index contributed by atoms with van der Waals surface area (Å²) in [6, 6.07) is -0.459. The Hall–Kier alpha value is -10.9. The molecule has 99 heavy (non-hydrogen) atoms. The second kappa shape index (κ2) is 39.4. The van der Waals surface area contributed by atoms with Crippen molar-refractivity contribution in [2.75, 3.05) is 32.8 Å². The SMILES string of the molecule is CC(C)C[C@H](NC(=O)[C@H](CO)NC(=O)[C@@H]1CCCN1)C(=O)N[C@H](C(=O)NCC(=O)N[C@@H](Cc1cnc[nH]1)C(=O)NCC(=O)N[C@@H](Cc1ccccc1)C(=O)N[C@@H](Cc1cnc[nH]1)C(=O)NCC(=O)N[C@H](C(=O)N[C@@H](Cc1ccc(O)cc1)C(=O)N[C@@H](CC(=O)O)C(=O)O)C(C)C)[C@@H](C)O. The Bertz CT molecular complexity index is 3400. The topological polar surface area (TPSA) is 554 Å². The van der Waals surface area contributed by atoms with Crippen molar-refractivity contribution in [1.29, 1.82) is 0 Å². The number of aliphatic hydroxyl groups excluding tert-OH is 2. The lowest BCUT2D eigenvalue weighted by Gasteiger charge is -2.27. The summed E-state index contributed by atoms with van der Waals surface area (Å²) in [4.78, 5) is 200. The summed E-state index contributed by atoms with van der Waals surface area (Å²) < 4.78 is 0. The van der Waals surface area contributed by atoms with Crippen LogP contribution in [-0.2, 0) is 92.8 Å². The molecule has 2 aromatic carbocycles. The summed E-state index contributed by atoms with van der Waals surface area (Å²) in [6.45, 7) is 5.16. The molecule has 0 unspecified atom stereocenters. The van der Waals surface area contributed by atoms with Crippen molar-refractivity contribution < 1.29 is 92.7 Å². The Kier molecular flexibility index (Phi) is 31.3. The minimum Gasteiger partial charge on any atom is -0.508 e. The zero-order valence-corrected chi connectivity index (χ0v) is 55.0. The van der Waals surface area contributed by atoms with Crippen LogP contribution >= 0.6 is 0 Å². The van der Waals surface area contributed by atoms with Crippen molar-refractivity contribution in [1.82, 2.24) is 89.1 Å². The van der Waals surface area contributed by atoms with E-state index in [4.69, 9.17) is 0 Å². The van der Waals surface area contributed by atoms with Gasteiger partial charge in [-0.1, -0.05) is 70.2 Å². The number of nitrogens with one attached hydrogen (secondary N) is 15. The standard InChI is InChI=1S/C63H87N17O19/c1-32(2)18-41(74-60(95)47(29-81)78-56(91)40-12-9-17-66-40)59(94)80-53(34(5)82)61(96)69-27-49(85)73-44(21-37-24-64-30-70-37)54(89)67-26-48(84)72-42(19-35-10-7-6-8-11-35)57(92)75-45(22-38-25-65-31-71-38)55(90)68-28-50(86)79-52(33(3)4)62(97)76-43(20-36-13-15-39(83)16-14-36)58(93)77-46(63(98)99)23-51(87)88/h6-8,10-11,13-16,24-25,30-34,40-47,52-53,66,81-83H,9,12,17-23,26-29H2,1-5H3,(H,64,70)(H,65,71)(H,67,89)(H,68,90)(H,69,96)(H,72,84)(H,73,85)(H,74,95)(H,75,92)(H,76,97)(H,77,93)(H,78,91)(H,79,86)(H,80,94)(H,87,88)(H,98,99)/t34-,40+,41+,42+,43+,44+,45+,46+,47+,52+,53+/m1/s1. The van der Waals surface area contributed by atoms with Crippen molar-refractivity contribution in [2.45, 2.75) is 153 Å². The maximum Gasteiger partial charge on any atom is 0.326 e. The fraction of sp³-hybridized carbons (Fsp3) is 0.492. The molecule has 36 nitrogen and oxygen atoms in total. The molecular formula is C63H87N17O19. The largest absolute Gasteiger partial charge is 0.508 e. The molecule has 12 amide bonds. The smallest absolute Gasteiger partial charge is 0.326 e. The molecule has 538 valence electrons. The van der Waals surface area contributed by atoms with E-state index in [0.29, 0.717) is 35.5 Å². The fourth-order valence-electron chi connectivity index (χ4n) is 10.1. The number of hydrogen-bond donors (Lipinski definition) is 20. The van der Waals surface area contributed by atoms with E-state index < -0.39 is 188 Å². The lowest BCUT2D eigenvalue weighted by molar-refractivity contribution is -0.147. The van der Waals surface area contributed by atoms with Gasteiger partial charge in [-0.3, -0.25) is 62.3 Å². The molecule has 11 atom stereocenters. The first-order valence-electron chi connectivity index (χ1n) is 31.8. The van der Waals surface area contributed by atoms with Crippen LogP contribution in [0.25, 0.3) is 0 Å². The molecule has 0 radical (unpaired) electrons. The lowest BCUT2D eigenvalue weighted by Crippen LogP contribution is -2.60. The quantitative estimate of drug-likeness (QED) is 0.0197. The van der Waals surface area contributed by atoms with Crippen molar-refractivity contribution >= 4 is 82.8 Å². The first-order valence-corrected chi connectivity index (χ1v) is 31.8. The van der Waals surface area contributed by atoms with Crippen LogP contribution in [0.2, 0.25) is 0 Å². The highest BCUT2D eigenvalue weighted by molar-refractivity contribution is 5.99. The van der Waals surface area contributed by atoms with Crippen LogP contribution in [0.1, 0.15) is 82.8 Å². The van der Waals surface area contributed by atoms with Crippen molar-refractivity contribution in [2.24, 2.45) is 11.8 Å². The number of aromatic amines is 2. The molecule has 20 N–H and O–H groups in total. The number of nitrogens with zero attached hydrogens (tertiary/aromatic N) is 2. The zero-order chi connectivity index (χ0) is 72.9. The number of carbonyl (C=O) groups is 14. The maximum absolute atomic E-state index is 14.4. The second-order valence-corrected chi connectivity index (χ2v) is 24.2. The number of phenolic OH excluding ortho intramolecular Hbond substituents is 1. The third kappa shape index (κ3) is 26.9. The van der Waals surface area contributed by atoms with E-state index >= 15 is 0 Å². The van der Waals surface area contributed by atoms with Crippen molar-refractivity contribution in [3.8, 4) is 5.75 Å². The molecule has 1 aliphatic rings. The van der Waals surface area contributed by atoms with Gasteiger partial charge in [0.05, 0.1) is 57.5 Å². The molecule has 4 aromatic rings. The van der Waals surface area contributed by atoms with Crippen LogP contribution in [0, 0.1) is 11.8 Å². The number of H-pyrrole nitrogens is 2. The van der Waals surface area contributed by atoms with Crippen molar-refractivity contribution in [3.05, 3.63) is 102 Å². The van der Waals surface area contributed by atoms with Crippen LogP contribution < -0.4 is 69.1 Å². The molecule has 1 fully saturated rings. The van der Waals surface area contributed by atoms with E-state index in [2.05, 4.69) is 89.1 Å². The van der Waals surface area contributed by atoms with Gasteiger partial charge in [0.2, 0.25) is 70.9 Å². The number of hydrogen-bond acceptors (Lipinski definition) is 20. The minimum atomic E-state index is -1.89. The molecule has 3 heterocycles. The number of phenols is 1. The van der Waals surface area contributed by atoms with Crippen LogP contribution in [-0.4, -0.2) is 228 Å². The predicted molar refractivity (Wildman–Crippen MR) is 347 cm³/mol. The number of aromatic hydroxyl groups is 1. The van der Waals surface area contributed by atoms with E-state index in [0.717, 1.165) is 6.42 Å². The first-order chi connectivity index (χ1) is 47.0. The van der Waals surface area contributed by atoms with Gasteiger partial charge in [-0.2, -0.15) is 0 Å². The van der Waals surface area contributed by atoms with Crippen LogP contribution in [0.4, 0.5) is 0 Å². The summed E-state index contributed by atoms with van der Waals surface area (Å²) in [5.41, 5.74) is 1.60. The lowest BCUT2D eigenvalue weighted by atomic mass is 10.0. The summed E-state index contributed by atoms with van der Waals surface area (Å²) in [7, 11) is 0. The first kappa shape index (κ1) is 78.8. The van der Waals surface area contributed by atoms with Gasteiger partial charge in [-0.25, -0.2) is 14.8 Å². The van der Waals surface area contributed by atoms with Gasteiger partial charge in [0.15, 0.2) is 0 Å². The number of aliphatic carboxylic acids is 2. The van der Waals surface area contributed by atoms with Crippen molar-refractivity contribution in [3.63, 3.8) is 0 Å². The summed E-state index contributed by atoms with van der Waals surface area (Å²) in [6.07, 6.45) is 3.08. The molecular weight excluding hydrogens is 1300 g/mol. The number of aromatic nitrogens is 4. The Balaban J connectivity index is 1.22. The number of carbonyl (C=O) groups excluding carboxylic acids is 12. The van der Waals surface area contributed by atoms with Gasteiger partial charge in [0.25, 0.3) is 0 Å². The monoisotopic (exact) mass is 1390 g/mol. The molecule has 2 aromatic heterocycles. The number of rotatable bonds is 40. The minimum absolute atomic E-state index is 0.0231. The predicted octanol–water partition coefficient (Wildman–Crippen LogP) is -5.79. The van der Waals surface area contributed by atoms with Gasteiger partial charge in [-0.15, -0.1) is 0 Å².